The van der Waals surface area contributed by atoms with Gasteiger partial charge in [0.15, 0.2) is 0 Å². The normalized spacial score (nSPS) is 10.4. The first-order valence-corrected chi connectivity index (χ1v) is 6.22. The molecule has 0 spiro atoms. The zero-order chi connectivity index (χ0) is 13.1. The summed E-state index contributed by atoms with van der Waals surface area (Å²) in [6.45, 7) is 2.49. The van der Waals surface area contributed by atoms with E-state index in [9.17, 15) is 0 Å². The van der Waals surface area contributed by atoms with Crippen molar-refractivity contribution in [3.05, 3.63) is 40.4 Å². The van der Waals surface area contributed by atoms with Crippen LogP contribution >= 0.6 is 23.2 Å². The maximum atomic E-state index is 6.15. The highest BCUT2D eigenvalue weighted by Crippen LogP contribution is 2.36. The van der Waals surface area contributed by atoms with Crippen LogP contribution in [0.4, 0.5) is 5.82 Å². The molecule has 0 bridgehead atoms. The van der Waals surface area contributed by atoms with Crippen LogP contribution in [0, 0.1) is 0 Å². The molecule has 0 fully saturated rings. The molecular formula is C13H12Cl2N2O. The van der Waals surface area contributed by atoms with Crippen molar-refractivity contribution in [2.24, 2.45) is 0 Å². The Labute approximate surface area is 115 Å². The van der Waals surface area contributed by atoms with Crippen molar-refractivity contribution in [3.63, 3.8) is 0 Å². The Bertz CT molecular complexity index is 573. The fraction of sp³-hybridized carbons (Fsp3) is 0.154. The summed E-state index contributed by atoms with van der Waals surface area (Å²) in [5.74, 6) is 0.971. The van der Waals surface area contributed by atoms with E-state index in [1.807, 2.05) is 31.2 Å². The predicted octanol–water partition coefficient (Wildman–Crippen LogP) is 4.04. The van der Waals surface area contributed by atoms with Gasteiger partial charge in [0, 0.05) is 5.56 Å². The largest absolute Gasteiger partial charge is 0.493 e. The molecule has 5 heteroatoms. The van der Waals surface area contributed by atoms with Gasteiger partial charge in [-0.2, -0.15) is 0 Å². The Balaban J connectivity index is 2.58. The maximum Gasteiger partial charge on any atom is 0.143 e. The molecule has 0 atom stereocenters. The molecule has 2 aromatic rings. The fourth-order valence-electron chi connectivity index (χ4n) is 1.61. The number of ether oxygens (including phenoxy) is 1. The molecule has 2 N–H and O–H groups in total. The predicted molar refractivity (Wildman–Crippen MR) is 75.3 cm³/mol. The van der Waals surface area contributed by atoms with Gasteiger partial charge in [0.05, 0.1) is 22.3 Å². The van der Waals surface area contributed by atoms with Gasteiger partial charge >= 0.3 is 0 Å². The lowest BCUT2D eigenvalue weighted by Crippen LogP contribution is -1.98. The van der Waals surface area contributed by atoms with E-state index in [1.54, 1.807) is 6.07 Å². The summed E-state index contributed by atoms with van der Waals surface area (Å²) in [7, 11) is 0. The summed E-state index contributed by atoms with van der Waals surface area (Å²) in [6, 6.07) is 9.11. The molecule has 1 heterocycles. The molecule has 0 aliphatic rings. The van der Waals surface area contributed by atoms with Gasteiger partial charge in [-0.15, -0.1) is 0 Å². The third-order valence-electron chi connectivity index (χ3n) is 2.40. The Kier molecular flexibility index (Phi) is 3.94. The second-order valence-electron chi connectivity index (χ2n) is 3.62. The summed E-state index contributed by atoms with van der Waals surface area (Å²) in [6.07, 6.45) is 0. The Morgan fingerprint density at radius 2 is 1.94 bits per heavy atom. The maximum absolute atomic E-state index is 6.15. The van der Waals surface area contributed by atoms with Gasteiger partial charge in [-0.25, -0.2) is 4.98 Å². The van der Waals surface area contributed by atoms with E-state index in [1.165, 1.54) is 0 Å². The third kappa shape index (κ3) is 2.52. The topological polar surface area (TPSA) is 48.1 Å². The van der Waals surface area contributed by atoms with Crippen molar-refractivity contribution in [1.29, 1.82) is 0 Å². The van der Waals surface area contributed by atoms with Gasteiger partial charge in [-0.1, -0.05) is 35.3 Å². The number of para-hydroxylation sites is 1. The summed E-state index contributed by atoms with van der Waals surface area (Å²) in [5.41, 5.74) is 7.08. The summed E-state index contributed by atoms with van der Waals surface area (Å²) in [4.78, 5) is 4.22. The monoisotopic (exact) mass is 282 g/mol. The quantitative estimate of drug-likeness (QED) is 0.924. The van der Waals surface area contributed by atoms with Crippen LogP contribution in [0.3, 0.4) is 0 Å². The number of hydrogen-bond donors (Lipinski definition) is 1. The highest BCUT2D eigenvalue weighted by molar-refractivity contribution is 6.37. The first-order valence-electron chi connectivity index (χ1n) is 5.47. The van der Waals surface area contributed by atoms with Gasteiger partial charge in [-0.05, 0) is 25.1 Å². The first kappa shape index (κ1) is 13.0. The number of nitrogens with two attached hydrogens (primary N) is 1. The number of anilines is 1. The smallest absolute Gasteiger partial charge is 0.143 e. The molecule has 94 valence electrons. The number of rotatable bonds is 3. The Hall–Kier alpha value is -1.45. The SMILES string of the molecule is CCOc1ccccc1-c1nc(N)c(Cl)cc1Cl. The molecule has 1 aromatic carbocycles. The van der Waals surface area contributed by atoms with E-state index < -0.39 is 0 Å². The van der Waals surface area contributed by atoms with Crippen molar-refractivity contribution in [1.82, 2.24) is 4.98 Å². The van der Waals surface area contributed by atoms with Gasteiger partial charge in [0.25, 0.3) is 0 Å². The van der Waals surface area contributed by atoms with Crippen LogP contribution in [0.5, 0.6) is 5.75 Å². The standard InChI is InChI=1S/C13H12Cl2N2O/c1-2-18-11-6-4-3-5-8(11)12-9(14)7-10(15)13(16)17-12/h3-7H,2H2,1H3,(H2,16,17). The number of halogens is 2. The Morgan fingerprint density at radius 3 is 2.67 bits per heavy atom. The molecule has 0 unspecified atom stereocenters. The third-order valence-corrected chi connectivity index (χ3v) is 2.99. The average molecular weight is 283 g/mol. The molecule has 0 aliphatic heterocycles. The second-order valence-corrected chi connectivity index (χ2v) is 4.43. The number of aromatic nitrogens is 1. The molecule has 18 heavy (non-hydrogen) atoms. The molecule has 0 saturated heterocycles. The van der Waals surface area contributed by atoms with E-state index in [0.29, 0.717) is 22.3 Å². The van der Waals surface area contributed by atoms with Crippen molar-refractivity contribution >= 4 is 29.0 Å². The minimum absolute atomic E-state index is 0.252. The van der Waals surface area contributed by atoms with Crippen molar-refractivity contribution in [2.45, 2.75) is 6.92 Å². The number of nitrogen functional groups attached to an aromatic ring is 1. The molecule has 0 aliphatic carbocycles. The highest BCUT2D eigenvalue weighted by atomic mass is 35.5. The lowest BCUT2D eigenvalue weighted by Gasteiger charge is -2.11. The number of benzene rings is 1. The van der Waals surface area contributed by atoms with E-state index in [4.69, 9.17) is 33.7 Å². The number of pyridine rings is 1. The second kappa shape index (κ2) is 5.46. The molecule has 0 saturated carbocycles. The van der Waals surface area contributed by atoms with Crippen molar-refractivity contribution in [2.75, 3.05) is 12.3 Å². The van der Waals surface area contributed by atoms with Gasteiger partial charge in [-0.3, -0.25) is 0 Å². The van der Waals surface area contributed by atoms with Crippen LogP contribution in [0.25, 0.3) is 11.3 Å². The highest BCUT2D eigenvalue weighted by Gasteiger charge is 2.13. The zero-order valence-corrected chi connectivity index (χ0v) is 11.3. The van der Waals surface area contributed by atoms with Crippen LogP contribution in [0.15, 0.2) is 30.3 Å². The van der Waals surface area contributed by atoms with Gasteiger partial charge < -0.3 is 10.5 Å². The van der Waals surface area contributed by atoms with E-state index in [0.717, 1.165) is 11.3 Å². The summed E-state index contributed by atoms with van der Waals surface area (Å²) < 4.78 is 5.54. The summed E-state index contributed by atoms with van der Waals surface area (Å²) >= 11 is 12.0. The van der Waals surface area contributed by atoms with E-state index in [-0.39, 0.29) is 5.82 Å². The number of hydrogen-bond acceptors (Lipinski definition) is 3. The molecule has 3 nitrogen and oxygen atoms in total. The molecule has 2 rings (SSSR count). The van der Waals surface area contributed by atoms with Crippen LogP contribution in [-0.4, -0.2) is 11.6 Å². The zero-order valence-electron chi connectivity index (χ0n) is 9.78. The minimum atomic E-state index is 0.252. The lowest BCUT2D eigenvalue weighted by molar-refractivity contribution is 0.341. The van der Waals surface area contributed by atoms with E-state index in [2.05, 4.69) is 4.98 Å². The lowest BCUT2D eigenvalue weighted by atomic mass is 10.1. The number of nitrogens with zero attached hydrogens (tertiary/aromatic N) is 1. The van der Waals surface area contributed by atoms with Crippen molar-refractivity contribution in [3.8, 4) is 17.0 Å². The first-order chi connectivity index (χ1) is 8.63. The molecule has 0 amide bonds. The van der Waals surface area contributed by atoms with Crippen LogP contribution < -0.4 is 10.5 Å². The van der Waals surface area contributed by atoms with Crippen molar-refractivity contribution < 1.29 is 4.74 Å². The molecule has 1 aromatic heterocycles. The fourth-order valence-corrected chi connectivity index (χ4v) is 2.07. The average Bonchev–Trinajstić information content (AvgIpc) is 2.35. The minimum Gasteiger partial charge on any atom is -0.493 e. The van der Waals surface area contributed by atoms with Gasteiger partial charge in [0.1, 0.15) is 11.6 Å². The molecule has 0 radical (unpaired) electrons. The Morgan fingerprint density at radius 1 is 1.22 bits per heavy atom. The van der Waals surface area contributed by atoms with Gasteiger partial charge in [0.2, 0.25) is 0 Å². The summed E-state index contributed by atoms with van der Waals surface area (Å²) in [5, 5.41) is 0.791. The van der Waals surface area contributed by atoms with Crippen LogP contribution in [0.2, 0.25) is 10.0 Å². The van der Waals surface area contributed by atoms with Crippen LogP contribution in [-0.2, 0) is 0 Å². The molecular weight excluding hydrogens is 271 g/mol. The van der Waals surface area contributed by atoms with Crippen LogP contribution in [0.1, 0.15) is 6.92 Å². The van der Waals surface area contributed by atoms with E-state index >= 15 is 0 Å².